The molecule has 1 aliphatic rings. The van der Waals surface area contributed by atoms with Gasteiger partial charge in [0.2, 0.25) is 0 Å². The van der Waals surface area contributed by atoms with Crippen LogP contribution in [0.1, 0.15) is 35.6 Å². The number of ether oxygens (including phenoxy) is 2. The molecule has 0 aromatic heterocycles. The Morgan fingerprint density at radius 1 is 1.05 bits per heavy atom. The van der Waals surface area contributed by atoms with Crippen molar-refractivity contribution < 1.29 is 9.47 Å². The van der Waals surface area contributed by atoms with E-state index < -0.39 is 0 Å². The Balaban J connectivity index is 2.03. The molecule has 3 heteroatoms. The van der Waals surface area contributed by atoms with E-state index in [4.69, 9.17) is 9.47 Å². The van der Waals surface area contributed by atoms with E-state index in [1.165, 1.54) is 16.7 Å². The van der Waals surface area contributed by atoms with Crippen LogP contribution in [0.15, 0.2) is 42.5 Å². The number of methoxy groups -OCH3 is 2. The molecule has 3 nitrogen and oxygen atoms in total. The summed E-state index contributed by atoms with van der Waals surface area (Å²) < 4.78 is 11.0. The topological polar surface area (TPSA) is 30.5 Å². The van der Waals surface area contributed by atoms with Gasteiger partial charge in [-0.2, -0.15) is 0 Å². The number of rotatable bonds is 3. The van der Waals surface area contributed by atoms with Crippen LogP contribution in [-0.2, 0) is 6.54 Å². The summed E-state index contributed by atoms with van der Waals surface area (Å²) in [6.07, 6.45) is 0. The van der Waals surface area contributed by atoms with Gasteiger partial charge in [-0.15, -0.1) is 0 Å². The molecule has 0 bridgehead atoms. The molecule has 2 atom stereocenters. The zero-order valence-corrected chi connectivity index (χ0v) is 12.7. The highest BCUT2D eigenvalue weighted by atomic mass is 16.5. The van der Waals surface area contributed by atoms with Crippen LogP contribution in [0.3, 0.4) is 0 Å². The third-order valence-corrected chi connectivity index (χ3v) is 4.28. The molecule has 21 heavy (non-hydrogen) atoms. The number of hydrogen-bond donors (Lipinski definition) is 1. The van der Waals surface area contributed by atoms with Crippen LogP contribution in [0.5, 0.6) is 11.5 Å². The molecule has 1 N–H and O–H groups in total. The molecule has 0 aliphatic carbocycles. The summed E-state index contributed by atoms with van der Waals surface area (Å²) in [5, 5.41) is 3.63. The molecule has 0 radical (unpaired) electrons. The van der Waals surface area contributed by atoms with Gasteiger partial charge in [0.15, 0.2) is 0 Å². The lowest BCUT2D eigenvalue weighted by Gasteiger charge is -2.34. The maximum Gasteiger partial charge on any atom is 0.126 e. The van der Waals surface area contributed by atoms with Crippen molar-refractivity contribution in [2.75, 3.05) is 14.2 Å². The van der Waals surface area contributed by atoms with Crippen LogP contribution in [-0.4, -0.2) is 14.2 Å². The van der Waals surface area contributed by atoms with Gasteiger partial charge in [0, 0.05) is 30.1 Å². The van der Waals surface area contributed by atoms with E-state index in [9.17, 15) is 0 Å². The summed E-state index contributed by atoms with van der Waals surface area (Å²) in [4.78, 5) is 0. The van der Waals surface area contributed by atoms with Crippen LogP contribution < -0.4 is 14.8 Å². The average Bonchev–Trinajstić information content (AvgIpc) is 2.54. The van der Waals surface area contributed by atoms with E-state index in [1.54, 1.807) is 14.2 Å². The lowest BCUT2D eigenvalue weighted by atomic mass is 9.82. The largest absolute Gasteiger partial charge is 0.497 e. The molecule has 0 amide bonds. The zero-order valence-electron chi connectivity index (χ0n) is 12.7. The SMILES string of the molecule is COc1cc2c(c(OC)c1)C(C)C(c1ccccc1)NC2. The molecule has 0 saturated carbocycles. The number of fused-ring (bicyclic) bond motifs is 1. The van der Waals surface area contributed by atoms with Crippen molar-refractivity contribution in [2.24, 2.45) is 0 Å². The molecule has 1 aliphatic heterocycles. The second kappa shape index (κ2) is 5.78. The van der Waals surface area contributed by atoms with Gasteiger partial charge < -0.3 is 14.8 Å². The van der Waals surface area contributed by atoms with Gasteiger partial charge in [0.25, 0.3) is 0 Å². The van der Waals surface area contributed by atoms with Gasteiger partial charge in [0.05, 0.1) is 14.2 Å². The van der Waals surface area contributed by atoms with Crippen LogP contribution in [0.4, 0.5) is 0 Å². The molecule has 1 heterocycles. The monoisotopic (exact) mass is 283 g/mol. The molecule has 2 unspecified atom stereocenters. The Labute approximate surface area is 125 Å². The van der Waals surface area contributed by atoms with Gasteiger partial charge in [-0.1, -0.05) is 37.3 Å². The summed E-state index contributed by atoms with van der Waals surface area (Å²) >= 11 is 0. The van der Waals surface area contributed by atoms with Gasteiger partial charge in [-0.3, -0.25) is 0 Å². The smallest absolute Gasteiger partial charge is 0.126 e. The predicted molar refractivity (Wildman–Crippen MR) is 84.0 cm³/mol. The van der Waals surface area contributed by atoms with E-state index in [0.717, 1.165) is 18.0 Å². The quantitative estimate of drug-likeness (QED) is 0.932. The van der Waals surface area contributed by atoms with E-state index in [0.29, 0.717) is 12.0 Å². The van der Waals surface area contributed by atoms with E-state index in [2.05, 4.69) is 48.6 Å². The van der Waals surface area contributed by atoms with Crippen LogP contribution >= 0.6 is 0 Å². The third-order valence-electron chi connectivity index (χ3n) is 4.28. The Kier molecular flexibility index (Phi) is 3.84. The highest BCUT2D eigenvalue weighted by Gasteiger charge is 2.30. The minimum Gasteiger partial charge on any atom is -0.497 e. The van der Waals surface area contributed by atoms with E-state index in [1.807, 2.05) is 6.07 Å². The van der Waals surface area contributed by atoms with Gasteiger partial charge >= 0.3 is 0 Å². The minimum absolute atomic E-state index is 0.306. The molecule has 0 fully saturated rings. The molecular formula is C18H21NO2. The first-order chi connectivity index (χ1) is 10.2. The van der Waals surface area contributed by atoms with E-state index in [-0.39, 0.29) is 0 Å². The third kappa shape index (κ3) is 2.49. The first-order valence-electron chi connectivity index (χ1n) is 7.27. The summed E-state index contributed by atoms with van der Waals surface area (Å²) in [5.41, 5.74) is 3.85. The van der Waals surface area contributed by atoms with Crippen LogP contribution in [0, 0.1) is 0 Å². The lowest BCUT2D eigenvalue weighted by molar-refractivity contribution is 0.367. The fourth-order valence-corrected chi connectivity index (χ4v) is 3.24. The normalized spacial score (nSPS) is 20.7. The van der Waals surface area contributed by atoms with Crippen LogP contribution in [0.2, 0.25) is 0 Å². The minimum atomic E-state index is 0.306. The van der Waals surface area contributed by atoms with Gasteiger partial charge in [0.1, 0.15) is 11.5 Å². The molecule has 0 saturated heterocycles. The summed E-state index contributed by atoms with van der Waals surface area (Å²) in [6, 6.07) is 15.0. The fraction of sp³-hybridized carbons (Fsp3) is 0.333. The van der Waals surface area contributed by atoms with Crippen molar-refractivity contribution in [3.05, 3.63) is 59.2 Å². The number of hydrogen-bond acceptors (Lipinski definition) is 3. The maximum absolute atomic E-state index is 5.60. The predicted octanol–water partition coefficient (Wildman–Crippen LogP) is 3.65. The van der Waals surface area contributed by atoms with Gasteiger partial charge in [-0.05, 0) is 17.2 Å². The Hall–Kier alpha value is -2.00. The molecule has 2 aromatic rings. The lowest BCUT2D eigenvalue weighted by Crippen LogP contribution is -2.31. The molecular weight excluding hydrogens is 262 g/mol. The van der Waals surface area contributed by atoms with E-state index >= 15 is 0 Å². The van der Waals surface area contributed by atoms with Crippen molar-refractivity contribution >= 4 is 0 Å². The van der Waals surface area contributed by atoms with Crippen molar-refractivity contribution in [2.45, 2.75) is 25.4 Å². The van der Waals surface area contributed by atoms with Gasteiger partial charge in [-0.25, -0.2) is 0 Å². The second-order valence-corrected chi connectivity index (χ2v) is 5.46. The van der Waals surface area contributed by atoms with Crippen molar-refractivity contribution in [3.63, 3.8) is 0 Å². The molecule has 2 aromatic carbocycles. The standard InChI is InChI=1S/C18H21NO2/c1-12-17-14(9-15(20-2)10-16(17)21-3)11-19-18(12)13-7-5-4-6-8-13/h4-10,12,18-19H,11H2,1-3H3. The van der Waals surface area contributed by atoms with Crippen molar-refractivity contribution in [1.82, 2.24) is 5.32 Å². The zero-order chi connectivity index (χ0) is 14.8. The Morgan fingerprint density at radius 3 is 2.48 bits per heavy atom. The first kappa shape index (κ1) is 14.0. The number of nitrogens with one attached hydrogen (secondary N) is 1. The second-order valence-electron chi connectivity index (χ2n) is 5.46. The highest BCUT2D eigenvalue weighted by molar-refractivity contribution is 5.51. The van der Waals surface area contributed by atoms with Crippen molar-refractivity contribution in [3.8, 4) is 11.5 Å². The molecule has 110 valence electrons. The molecule has 3 rings (SSSR count). The number of benzene rings is 2. The average molecular weight is 283 g/mol. The summed E-state index contributed by atoms with van der Waals surface area (Å²) in [6.45, 7) is 3.07. The summed E-state index contributed by atoms with van der Waals surface area (Å²) in [5.74, 6) is 2.11. The fourth-order valence-electron chi connectivity index (χ4n) is 3.24. The Bertz CT molecular complexity index is 607. The summed E-state index contributed by atoms with van der Waals surface area (Å²) in [7, 11) is 3.41. The molecule has 0 spiro atoms. The Morgan fingerprint density at radius 2 is 1.81 bits per heavy atom. The first-order valence-corrected chi connectivity index (χ1v) is 7.27. The van der Waals surface area contributed by atoms with Crippen molar-refractivity contribution in [1.29, 1.82) is 0 Å². The maximum atomic E-state index is 5.60. The highest BCUT2D eigenvalue weighted by Crippen LogP contribution is 2.43. The van der Waals surface area contributed by atoms with Crippen LogP contribution in [0.25, 0.3) is 0 Å².